The van der Waals surface area contributed by atoms with E-state index in [0.717, 1.165) is 21.6 Å². The number of aromatic nitrogens is 4. The number of halogens is 5. The summed E-state index contributed by atoms with van der Waals surface area (Å²) in [5.41, 5.74) is -0.116. The molecule has 0 aliphatic carbocycles. The van der Waals surface area contributed by atoms with Gasteiger partial charge in [-0.2, -0.15) is 18.3 Å². The van der Waals surface area contributed by atoms with Gasteiger partial charge in [0.2, 0.25) is 0 Å². The molecule has 0 N–H and O–H groups in total. The molecule has 25 heavy (non-hydrogen) atoms. The van der Waals surface area contributed by atoms with Crippen molar-refractivity contribution in [3.05, 3.63) is 45.7 Å². The number of thioether (sulfide) groups is 1. The maximum Gasteiger partial charge on any atom is 0.435 e. The van der Waals surface area contributed by atoms with E-state index >= 15 is 0 Å². The Morgan fingerprint density at radius 1 is 1.20 bits per heavy atom. The average Bonchev–Trinajstić information content (AvgIpc) is 3.14. The zero-order valence-corrected chi connectivity index (χ0v) is 15.7. The van der Waals surface area contributed by atoms with E-state index in [1.165, 1.54) is 25.0 Å². The maximum absolute atomic E-state index is 13.0. The quantitative estimate of drug-likeness (QED) is 0.514. The molecule has 3 aromatic rings. The van der Waals surface area contributed by atoms with Crippen LogP contribution in [-0.4, -0.2) is 20.0 Å². The van der Waals surface area contributed by atoms with Gasteiger partial charge in [0.25, 0.3) is 0 Å². The molecule has 0 saturated carbocycles. The van der Waals surface area contributed by atoms with Crippen molar-refractivity contribution in [3.63, 3.8) is 0 Å². The summed E-state index contributed by atoms with van der Waals surface area (Å²) in [7, 11) is 1.43. The van der Waals surface area contributed by atoms with E-state index in [-0.39, 0.29) is 10.6 Å². The Hall–Kier alpha value is -1.29. The summed E-state index contributed by atoms with van der Waals surface area (Å²) in [6.45, 7) is 0. The Bertz CT molecular complexity index is 908. The summed E-state index contributed by atoms with van der Waals surface area (Å²) in [5.74, 6) is 0.546. The predicted octanol–water partition coefficient (Wildman–Crippen LogP) is 5.56. The van der Waals surface area contributed by atoms with Gasteiger partial charge in [-0.25, -0.2) is 0 Å². The van der Waals surface area contributed by atoms with Crippen LogP contribution in [0.1, 0.15) is 11.3 Å². The molecule has 11 heteroatoms. The lowest BCUT2D eigenvalue weighted by Gasteiger charge is -2.03. The van der Waals surface area contributed by atoms with E-state index < -0.39 is 11.9 Å². The molecule has 0 spiro atoms. The Morgan fingerprint density at radius 3 is 2.64 bits per heavy atom. The van der Waals surface area contributed by atoms with Crippen molar-refractivity contribution in [1.29, 1.82) is 0 Å². The second-order valence-corrected chi connectivity index (χ2v) is 7.99. The zero-order valence-electron chi connectivity index (χ0n) is 12.5. The fourth-order valence-corrected chi connectivity index (χ4v) is 4.13. The van der Waals surface area contributed by atoms with E-state index in [4.69, 9.17) is 23.2 Å². The van der Waals surface area contributed by atoms with Gasteiger partial charge in [0.15, 0.2) is 15.0 Å². The number of hydrogen-bond acceptors (Lipinski definition) is 5. The molecule has 2 aromatic heterocycles. The summed E-state index contributed by atoms with van der Waals surface area (Å²) in [5, 5.41) is 12.4. The summed E-state index contributed by atoms with van der Waals surface area (Å²) in [6.07, 6.45) is -3.26. The van der Waals surface area contributed by atoms with E-state index in [1.54, 1.807) is 12.1 Å². The van der Waals surface area contributed by atoms with Crippen LogP contribution in [-0.2, 0) is 19.0 Å². The normalized spacial score (nSPS) is 11.9. The molecule has 0 bridgehead atoms. The lowest BCUT2D eigenvalue weighted by atomic mass is 10.2. The lowest BCUT2D eigenvalue weighted by Crippen LogP contribution is -2.08. The van der Waals surface area contributed by atoms with Crippen molar-refractivity contribution >= 4 is 46.3 Å². The maximum atomic E-state index is 13.0. The van der Waals surface area contributed by atoms with Gasteiger partial charge in [-0.15, -0.1) is 10.2 Å². The van der Waals surface area contributed by atoms with Gasteiger partial charge >= 0.3 is 6.18 Å². The molecule has 3 rings (SSSR count). The van der Waals surface area contributed by atoms with Gasteiger partial charge < -0.3 is 0 Å². The highest BCUT2D eigenvalue weighted by Gasteiger charge is 2.38. The highest BCUT2D eigenvalue weighted by molar-refractivity contribution is 8.00. The van der Waals surface area contributed by atoms with E-state index in [2.05, 4.69) is 15.3 Å². The smallest absolute Gasteiger partial charge is 0.274 e. The highest BCUT2D eigenvalue weighted by Crippen LogP contribution is 2.38. The second kappa shape index (κ2) is 7.14. The Labute approximate surface area is 159 Å². The minimum absolute atomic E-state index is 0.0751. The predicted molar refractivity (Wildman–Crippen MR) is 93.1 cm³/mol. The van der Waals surface area contributed by atoms with Crippen molar-refractivity contribution in [2.45, 2.75) is 16.3 Å². The van der Waals surface area contributed by atoms with Crippen LogP contribution >= 0.6 is 46.3 Å². The Morgan fingerprint density at radius 2 is 1.96 bits per heavy atom. The highest BCUT2D eigenvalue weighted by atomic mass is 35.5. The fourth-order valence-electron chi connectivity index (χ4n) is 2.01. The van der Waals surface area contributed by atoms with Crippen molar-refractivity contribution in [2.24, 2.45) is 7.05 Å². The fraction of sp³-hybridized carbons (Fsp3) is 0.214. The summed E-state index contributed by atoms with van der Waals surface area (Å²) in [4.78, 5) is 0. The zero-order chi connectivity index (χ0) is 18.2. The number of alkyl halides is 3. The third-order valence-electron chi connectivity index (χ3n) is 3.08. The van der Waals surface area contributed by atoms with Crippen LogP contribution < -0.4 is 0 Å². The topological polar surface area (TPSA) is 43.6 Å². The SMILES string of the molecule is Cn1cc(-c2nnc(SCc3ccc(Cl)c(Cl)c3)s2)c(C(F)(F)F)n1. The molecule has 132 valence electrons. The average molecular weight is 425 g/mol. The number of nitrogens with zero attached hydrogens (tertiary/aromatic N) is 4. The Kier molecular flexibility index (Phi) is 5.29. The van der Waals surface area contributed by atoms with Crippen LogP contribution in [0, 0.1) is 0 Å². The van der Waals surface area contributed by atoms with Crippen LogP contribution in [0.2, 0.25) is 10.0 Å². The van der Waals surface area contributed by atoms with Crippen LogP contribution in [0.5, 0.6) is 0 Å². The first kappa shape index (κ1) is 18.5. The first-order valence-electron chi connectivity index (χ1n) is 6.75. The molecular formula is C14H9Cl2F3N4S2. The standard InChI is InChI=1S/C14H9Cl2F3N4S2/c1-23-5-8(11(22-23)14(17,18)19)12-20-21-13(25-12)24-6-7-2-3-9(15)10(16)4-7/h2-5H,6H2,1H3. The molecular weight excluding hydrogens is 416 g/mol. The summed E-state index contributed by atoms with van der Waals surface area (Å²) in [6, 6.07) is 5.25. The molecule has 0 unspecified atom stereocenters. The molecule has 4 nitrogen and oxygen atoms in total. The third kappa shape index (κ3) is 4.28. The van der Waals surface area contributed by atoms with Gasteiger partial charge in [0, 0.05) is 19.0 Å². The van der Waals surface area contributed by atoms with Crippen molar-refractivity contribution < 1.29 is 13.2 Å². The monoisotopic (exact) mass is 424 g/mol. The van der Waals surface area contributed by atoms with Gasteiger partial charge in [0.05, 0.1) is 15.6 Å². The minimum atomic E-state index is -4.55. The van der Waals surface area contributed by atoms with Crippen LogP contribution in [0.15, 0.2) is 28.7 Å². The number of hydrogen-bond donors (Lipinski definition) is 0. The molecule has 0 radical (unpaired) electrons. The van der Waals surface area contributed by atoms with E-state index in [0.29, 0.717) is 20.1 Å². The largest absolute Gasteiger partial charge is 0.435 e. The summed E-state index contributed by atoms with van der Waals surface area (Å²) >= 11 is 14.3. The molecule has 2 heterocycles. The van der Waals surface area contributed by atoms with Gasteiger partial charge in [-0.1, -0.05) is 52.4 Å². The van der Waals surface area contributed by atoms with Crippen molar-refractivity contribution in [2.75, 3.05) is 0 Å². The first-order valence-corrected chi connectivity index (χ1v) is 9.31. The van der Waals surface area contributed by atoms with Gasteiger partial charge in [0.1, 0.15) is 0 Å². The number of aryl methyl sites for hydroxylation is 1. The lowest BCUT2D eigenvalue weighted by molar-refractivity contribution is -0.140. The first-order chi connectivity index (χ1) is 11.7. The summed E-state index contributed by atoms with van der Waals surface area (Å²) < 4.78 is 40.8. The van der Waals surface area contributed by atoms with Crippen LogP contribution in [0.4, 0.5) is 13.2 Å². The second-order valence-electron chi connectivity index (χ2n) is 4.97. The molecule has 0 aliphatic heterocycles. The molecule has 0 amide bonds. The number of benzene rings is 1. The van der Waals surface area contributed by atoms with E-state index in [9.17, 15) is 13.2 Å². The molecule has 0 aliphatic rings. The number of rotatable bonds is 4. The molecule has 0 atom stereocenters. The van der Waals surface area contributed by atoms with Crippen molar-refractivity contribution in [1.82, 2.24) is 20.0 Å². The molecule has 0 fully saturated rings. The molecule has 0 saturated heterocycles. The molecule has 1 aromatic carbocycles. The van der Waals surface area contributed by atoms with Crippen LogP contribution in [0.3, 0.4) is 0 Å². The minimum Gasteiger partial charge on any atom is -0.274 e. The van der Waals surface area contributed by atoms with Crippen molar-refractivity contribution in [3.8, 4) is 10.6 Å². The van der Waals surface area contributed by atoms with Crippen LogP contribution in [0.25, 0.3) is 10.6 Å². The Balaban J connectivity index is 1.78. The third-order valence-corrected chi connectivity index (χ3v) is 5.98. The van der Waals surface area contributed by atoms with E-state index in [1.807, 2.05) is 6.07 Å². The van der Waals surface area contributed by atoms with Gasteiger partial charge in [-0.05, 0) is 17.7 Å². The van der Waals surface area contributed by atoms with Gasteiger partial charge in [-0.3, -0.25) is 4.68 Å².